The molecule has 0 aliphatic carbocycles. The van der Waals surface area contributed by atoms with Crippen LogP contribution >= 0.6 is 0 Å². The van der Waals surface area contributed by atoms with Gasteiger partial charge in [-0.1, -0.05) is 13.3 Å². The second kappa shape index (κ2) is 7.63. The van der Waals surface area contributed by atoms with Gasteiger partial charge in [0.05, 0.1) is 17.3 Å². The lowest BCUT2D eigenvalue weighted by Crippen LogP contribution is -2.28. The molecule has 0 bridgehead atoms. The minimum Gasteiger partial charge on any atom is -0.463 e. The zero-order chi connectivity index (χ0) is 18.7. The highest BCUT2D eigenvalue weighted by Gasteiger charge is 2.22. The predicted molar refractivity (Wildman–Crippen MR) is 92.8 cm³/mol. The topological polar surface area (TPSA) is 73.0 Å². The van der Waals surface area contributed by atoms with Crippen LogP contribution in [0, 0.1) is 6.92 Å². The fourth-order valence-electron chi connectivity index (χ4n) is 2.82. The number of furan rings is 1. The van der Waals surface area contributed by atoms with Crippen LogP contribution in [0.25, 0.3) is 22.5 Å². The molecule has 0 unspecified atom stereocenters. The third-order valence-electron chi connectivity index (χ3n) is 4.06. The fourth-order valence-corrected chi connectivity index (χ4v) is 2.82. The minimum absolute atomic E-state index is 0.0780. The van der Waals surface area contributed by atoms with Crippen LogP contribution < -0.4 is 5.32 Å². The second-order valence-corrected chi connectivity index (χ2v) is 6.02. The van der Waals surface area contributed by atoms with Crippen LogP contribution in [0.4, 0.5) is 8.78 Å². The van der Waals surface area contributed by atoms with Gasteiger partial charge in [0.15, 0.2) is 11.4 Å². The van der Waals surface area contributed by atoms with Gasteiger partial charge in [0.25, 0.3) is 6.43 Å². The highest BCUT2D eigenvalue weighted by Crippen LogP contribution is 2.33. The number of aryl methyl sites for hydroxylation is 1. The van der Waals surface area contributed by atoms with E-state index in [1.54, 1.807) is 19.1 Å². The van der Waals surface area contributed by atoms with Crippen molar-refractivity contribution in [3.8, 4) is 11.5 Å². The molecule has 3 aromatic heterocycles. The lowest BCUT2D eigenvalue weighted by Gasteiger charge is -2.08. The Bertz CT molecular complexity index is 904. The van der Waals surface area contributed by atoms with E-state index in [2.05, 4.69) is 15.4 Å². The van der Waals surface area contributed by atoms with Crippen molar-refractivity contribution >= 4 is 16.9 Å². The molecule has 138 valence electrons. The molecule has 1 amide bonds. The Morgan fingerprint density at radius 2 is 2.23 bits per heavy atom. The largest absolute Gasteiger partial charge is 0.463 e. The van der Waals surface area contributed by atoms with Crippen molar-refractivity contribution in [2.45, 2.75) is 39.7 Å². The van der Waals surface area contributed by atoms with E-state index in [9.17, 15) is 13.6 Å². The Morgan fingerprint density at radius 1 is 1.42 bits per heavy atom. The molecule has 0 aliphatic rings. The fraction of sp³-hybridized carbons (Fsp3) is 0.389. The van der Waals surface area contributed by atoms with Crippen molar-refractivity contribution in [1.82, 2.24) is 20.1 Å². The van der Waals surface area contributed by atoms with Crippen LogP contribution in [0.3, 0.4) is 0 Å². The summed E-state index contributed by atoms with van der Waals surface area (Å²) in [5.41, 5.74) is 0.773. The van der Waals surface area contributed by atoms with Crippen LogP contribution in [-0.4, -0.2) is 27.2 Å². The van der Waals surface area contributed by atoms with E-state index in [-0.39, 0.29) is 34.7 Å². The molecular weight excluding hydrogens is 342 g/mol. The number of nitrogens with one attached hydrogen (secondary N) is 1. The number of hydrogen-bond donors (Lipinski definition) is 1. The van der Waals surface area contributed by atoms with Gasteiger partial charge in [0, 0.05) is 12.1 Å². The molecule has 0 spiro atoms. The number of alkyl halides is 2. The van der Waals surface area contributed by atoms with Gasteiger partial charge >= 0.3 is 0 Å². The van der Waals surface area contributed by atoms with Crippen molar-refractivity contribution in [3.63, 3.8) is 0 Å². The van der Waals surface area contributed by atoms with Gasteiger partial charge in [0.2, 0.25) is 5.91 Å². The van der Waals surface area contributed by atoms with Gasteiger partial charge in [0.1, 0.15) is 12.2 Å². The molecule has 3 aromatic rings. The zero-order valence-corrected chi connectivity index (χ0v) is 14.6. The molecule has 3 heterocycles. The van der Waals surface area contributed by atoms with E-state index < -0.39 is 6.43 Å². The third-order valence-corrected chi connectivity index (χ3v) is 4.06. The average molecular weight is 362 g/mol. The average Bonchev–Trinajstić information content (AvgIpc) is 3.23. The molecule has 0 saturated heterocycles. The first-order chi connectivity index (χ1) is 12.5. The summed E-state index contributed by atoms with van der Waals surface area (Å²) in [6, 6.07) is 4.62. The van der Waals surface area contributed by atoms with Crippen LogP contribution in [0.5, 0.6) is 0 Å². The van der Waals surface area contributed by atoms with E-state index in [4.69, 9.17) is 4.42 Å². The maximum atomic E-state index is 13.6. The summed E-state index contributed by atoms with van der Waals surface area (Å²) >= 11 is 0. The number of halogens is 2. The SMILES string of the molecule is CCCCNC(=O)Cn1nc(C)c2c(C(F)F)cc(-c3ccco3)nc21. The maximum Gasteiger partial charge on any atom is 0.264 e. The third kappa shape index (κ3) is 3.58. The molecule has 1 N–H and O–H groups in total. The summed E-state index contributed by atoms with van der Waals surface area (Å²) < 4.78 is 33.8. The number of unbranched alkanes of at least 4 members (excludes halogenated alkanes) is 1. The normalized spacial score (nSPS) is 11.4. The number of rotatable bonds is 7. The van der Waals surface area contributed by atoms with Gasteiger partial charge in [-0.05, 0) is 31.5 Å². The number of aromatic nitrogens is 3. The van der Waals surface area contributed by atoms with Gasteiger partial charge in [-0.2, -0.15) is 5.10 Å². The van der Waals surface area contributed by atoms with Gasteiger partial charge in [-0.25, -0.2) is 18.4 Å². The number of nitrogens with zero attached hydrogens (tertiary/aromatic N) is 3. The number of carbonyl (C=O) groups excluding carboxylic acids is 1. The molecule has 6 nitrogen and oxygen atoms in total. The first-order valence-corrected chi connectivity index (χ1v) is 8.48. The van der Waals surface area contributed by atoms with E-state index in [0.717, 1.165) is 12.8 Å². The number of carbonyl (C=O) groups is 1. The number of hydrogen-bond acceptors (Lipinski definition) is 4. The number of fused-ring (bicyclic) bond motifs is 1. The summed E-state index contributed by atoms with van der Waals surface area (Å²) in [7, 11) is 0. The summed E-state index contributed by atoms with van der Waals surface area (Å²) in [6.45, 7) is 4.16. The van der Waals surface area contributed by atoms with Crippen molar-refractivity contribution in [2.24, 2.45) is 0 Å². The summed E-state index contributed by atoms with van der Waals surface area (Å²) in [6.07, 6.45) is 0.605. The maximum absolute atomic E-state index is 13.6. The first-order valence-electron chi connectivity index (χ1n) is 8.48. The van der Waals surface area contributed by atoms with Crippen molar-refractivity contribution in [2.75, 3.05) is 6.54 Å². The van der Waals surface area contributed by atoms with Crippen LogP contribution in [0.1, 0.15) is 37.4 Å². The minimum atomic E-state index is -2.69. The van der Waals surface area contributed by atoms with Crippen molar-refractivity contribution in [3.05, 3.63) is 35.7 Å². The van der Waals surface area contributed by atoms with E-state index in [1.165, 1.54) is 17.0 Å². The lowest BCUT2D eigenvalue weighted by atomic mass is 10.1. The van der Waals surface area contributed by atoms with E-state index >= 15 is 0 Å². The molecule has 0 aliphatic heterocycles. The molecule has 0 radical (unpaired) electrons. The number of pyridine rings is 1. The molecule has 0 fully saturated rings. The first kappa shape index (κ1) is 18.0. The predicted octanol–water partition coefficient (Wildman–Crippen LogP) is 3.85. The Balaban J connectivity index is 2.03. The molecule has 0 atom stereocenters. The molecule has 26 heavy (non-hydrogen) atoms. The van der Waals surface area contributed by atoms with Gasteiger partial charge in [-0.3, -0.25) is 4.79 Å². The Labute approximate surface area is 149 Å². The van der Waals surface area contributed by atoms with E-state index in [0.29, 0.717) is 18.0 Å². The Morgan fingerprint density at radius 3 is 2.88 bits per heavy atom. The molecule has 0 saturated carbocycles. The standard InChI is InChI=1S/C18H20F2N4O2/c1-3-4-7-21-15(25)10-24-18-16(11(2)23-24)12(17(19)20)9-13(22-18)14-6-5-8-26-14/h5-6,8-9,17H,3-4,7,10H2,1-2H3,(H,21,25). The van der Waals surface area contributed by atoms with Crippen LogP contribution in [0.2, 0.25) is 0 Å². The summed E-state index contributed by atoms with van der Waals surface area (Å²) in [5.74, 6) is 0.151. The van der Waals surface area contributed by atoms with Crippen molar-refractivity contribution in [1.29, 1.82) is 0 Å². The van der Waals surface area contributed by atoms with Gasteiger partial charge in [-0.15, -0.1) is 0 Å². The number of amides is 1. The molecular formula is C18H20F2N4O2. The second-order valence-electron chi connectivity index (χ2n) is 6.02. The van der Waals surface area contributed by atoms with Crippen LogP contribution in [-0.2, 0) is 11.3 Å². The summed E-state index contributed by atoms with van der Waals surface area (Å²) in [4.78, 5) is 16.5. The Kier molecular flexibility index (Phi) is 5.29. The zero-order valence-electron chi connectivity index (χ0n) is 14.6. The van der Waals surface area contributed by atoms with Crippen molar-refractivity contribution < 1.29 is 18.0 Å². The molecule has 3 rings (SSSR count). The molecule has 8 heteroatoms. The lowest BCUT2D eigenvalue weighted by molar-refractivity contribution is -0.121. The quantitative estimate of drug-likeness (QED) is 0.648. The Hall–Kier alpha value is -2.77. The van der Waals surface area contributed by atoms with Gasteiger partial charge < -0.3 is 9.73 Å². The summed E-state index contributed by atoms with van der Waals surface area (Å²) in [5, 5.41) is 7.32. The monoisotopic (exact) mass is 362 g/mol. The highest BCUT2D eigenvalue weighted by atomic mass is 19.3. The van der Waals surface area contributed by atoms with E-state index in [1.807, 2.05) is 6.92 Å². The highest BCUT2D eigenvalue weighted by molar-refractivity contribution is 5.86. The smallest absolute Gasteiger partial charge is 0.264 e. The van der Waals surface area contributed by atoms with Crippen LogP contribution in [0.15, 0.2) is 28.9 Å². The molecule has 0 aromatic carbocycles.